The van der Waals surface area contributed by atoms with Crippen molar-refractivity contribution in [3.63, 3.8) is 0 Å². The molecule has 1 saturated carbocycles. The molecule has 208 valence electrons. The molecule has 3 rings (SSSR count). The Morgan fingerprint density at radius 1 is 0.846 bits per heavy atom. The number of amides is 1. The Bertz CT molecular complexity index is 1180. The third-order valence-electron chi connectivity index (χ3n) is 8.04. The van der Waals surface area contributed by atoms with E-state index in [1.165, 1.54) is 0 Å². The zero-order valence-electron chi connectivity index (χ0n) is 23.7. The predicted octanol–water partition coefficient (Wildman–Crippen LogP) is 5.53. The van der Waals surface area contributed by atoms with Crippen molar-refractivity contribution < 1.29 is 24.0 Å². The predicted molar refractivity (Wildman–Crippen MR) is 151 cm³/mol. The van der Waals surface area contributed by atoms with E-state index >= 15 is 0 Å². The van der Waals surface area contributed by atoms with E-state index in [0.717, 1.165) is 18.4 Å². The van der Waals surface area contributed by atoms with Crippen LogP contribution >= 0.6 is 0 Å². The first kappa shape index (κ1) is 30.1. The smallest absolute Gasteiger partial charge is 0.225 e. The Balaban J connectivity index is 1.76. The van der Waals surface area contributed by atoms with E-state index in [0.29, 0.717) is 11.5 Å². The van der Waals surface area contributed by atoms with E-state index in [-0.39, 0.29) is 36.7 Å². The number of hydrogen-bond acceptors (Lipinski definition) is 5. The van der Waals surface area contributed by atoms with Crippen molar-refractivity contribution >= 4 is 29.0 Å². The highest BCUT2D eigenvalue weighted by Gasteiger charge is 2.40. The summed E-state index contributed by atoms with van der Waals surface area (Å²) in [6, 6.07) is 17.5. The van der Waals surface area contributed by atoms with Crippen LogP contribution in [0.2, 0.25) is 0 Å². The summed E-state index contributed by atoms with van der Waals surface area (Å²) in [5, 5.41) is 2.83. The van der Waals surface area contributed by atoms with Gasteiger partial charge in [0.1, 0.15) is 0 Å². The van der Waals surface area contributed by atoms with Gasteiger partial charge in [-0.05, 0) is 37.2 Å². The van der Waals surface area contributed by atoms with Gasteiger partial charge in [-0.2, -0.15) is 0 Å². The molecule has 0 radical (unpaired) electrons. The van der Waals surface area contributed by atoms with Crippen molar-refractivity contribution in [2.75, 3.05) is 0 Å². The Morgan fingerprint density at radius 3 is 1.95 bits per heavy atom. The number of rotatable bonds is 15. The van der Waals surface area contributed by atoms with Gasteiger partial charge >= 0.3 is 0 Å². The first-order chi connectivity index (χ1) is 18.4. The van der Waals surface area contributed by atoms with Crippen LogP contribution in [0, 0.1) is 23.7 Å². The number of Topliss-reactive ketones (excluding diaryl/α,β-unsaturated/α-hetero) is 4. The normalized spacial score (nSPS) is 15.7. The van der Waals surface area contributed by atoms with Crippen molar-refractivity contribution in [2.24, 2.45) is 23.7 Å². The fourth-order valence-corrected chi connectivity index (χ4v) is 4.98. The SMILES string of the molecule is CC(C)[C@H](CC(=O)[C@H](C)NC(=O)[C@@H](CC(=O)c1ccccc1)C(C)(C)c1ccccc1)C(=O)C(=O)CC1CC1. The van der Waals surface area contributed by atoms with Gasteiger partial charge in [0.05, 0.1) is 12.0 Å². The molecule has 6 nitrogen and oxygen atoms in total. The molecule has 0 heterocycles. The molecule has 0 spiro atoms. The molecule has 1 aliphatic rings. The van der Waals surface area contributed by atoms with Gasteiger partial charge in [-0.1, -0.05) is 88.4 Å². The first-order valence-electron chi connectivity index (χ1n) is 14.0. The zero-order valence-corrected chi connectivity index (χ0v) is 23.7. The van der Waals surface area contributed by atoms with Gasteiger partial charge in [-0.25, -0.2) is 0 Å². The summed E-state index contributed by atoms with van der Waals surface area (Å²) >= 11 is 0. The van der Waals surface area contributed by atoms with E-state index in [2.05, 4.69) is 5.32 Å². The van der Waals surface area contributed by atoms with Crippen LogP contribution in [0.25, 0.3) is 0 Å². The van der Waals surface area contributed by atoms with Gasteiger partial charge in [0, 0.05) is 36.2 Å². The van der Waals surface area contributed by atoms with Crippen LogP contribution in [0.3, 0.4) is 0 Å². The van der Waals surface area contributed by atoms with Gasteiger partial charge in [0.2, 0.25) is 11.7 Å². The Morgan fingerprint density at radius 2 is 1.41 bits per heavy atom. The molecule has 6 heteroatoms. The summed E-state index contributed by atoms with van der Waals surface area (Å²) in [5.74, 6) is -3.08. The van der Waals surface area contributed by atoms with Crippen molar-refractivity contribution in [3.05, 3.63) is 71.8 Å². The molecule has 0 aromatic heterocycles. The molecule has 2 aromatic rings. The number of carbonyl (C=O) groups is 5. The lowest BCUT2D eigenvalue weighted by Crippen LogP contribution is -2.48. The highest BCUT2D eigenvalue weighted by molar-refractivity contribution is 6.38. The second kappa shape index (κ2) is 13.1. The minimum Gasteiger partial charge on any atom is -0.346 e. The summed E-state index contributed by atoms with van der Waals surface area (Å²) in [6.45, 7) is 9.11. The van der Waals surface area contributed by atoms with Gasteiger partial charge in [0.25, 0.3) is 0 Å². The number of nitrogens with one attached hydrogen (secondary N) is 1. The monoisotopic (exact) mass is 531 g/mol. The van der Waals surface area contributed by atoms with Gasteiger partial charge in [-0.15, -0.1) is 0 Å². The van der Waals surface area contributed by atoms with Crippen LogP contribution in [0.4, 0.5) is 0 Å². The molecule has 0 bridgehead atoms. The molecule has 1 aliphatic carbocycles. The van der Waals surface area contributed by atoms with Crippen LogP contribution in [0.15, 0.2) is 60.7 Å². The van der Waals surface area contributed by atoms with Crippen LogP contribution in [-0.4, -0.2) is 35.1 Å². The molecule has 2 aromatic carbocycles. The summed E-state index contributed by atoms with van der Waals surface area (Å²) in [4.78, 5) is 65.4. The molecule has 0 saturated heterocycles. The molecule has 3 atom stereocenters. The minimum absolute atomic E-state index is 0.0264. The second-order valence-electron chi connectivity index (χ2n) is 11.8. The highest BCUT2D eigenvalue weighted by Crippen LogP contribution is 2.35. The summed E-state index contributed by atoms with van der Waals surface area (Å²) in [7, 11) is 0. The van der Waals surface area contributed by atoms with Gasteiger partial charge in [-0.3, -0.25) is 24.0 Å². The van der Waals surface area contributed by atoms with Crippen LogP contribution < -0.4 is 5.32 Å². The molecule has 1 amide bonds. The lowest BCUT2D eigenvalue weighted by molar-refractivity contribution is -0.141. The van der Waals surface area contributed by atoms with E-state index in [9.17, 15) is 24.0 Å². The van der Waals surface area contributed by atoms with Gasteiger partial charge in [0.15, 0.2) is 17.3 Å². The van der Waals surface area contributed by atoms with E-state index in [1.54, 1.807) is 31.2 Å². The summed E-state index contributed by atoms with van der Waals surface area (Å²) < 4.78 is 0. The zero-order chi connectivity index (χ0) is 28.7. The molecule has 0 unspecified atom stereocenters. The quantitative estimate of drug-likeness (QED) is 0.241. The highest BCUT2D eigenvalue weighted by atomic mass is 16.2. The fraction of sp³-hybridized carbons (Fsp3) is 0.485. The van der Waals surface area contributed by atoms with Crippen molar-refractivity contribution in [3.8, 4) is 0 Å². The molecule has 39 heavy (non-hydrogen) atoms. The molecular formula is C33H41NO5. The third kappa shape index (κ3) is 8.04. The Kier molecular flexibility index (Phi) is 10.1. The maximum absolute atomic E-state index is 13.7. The fourth-order valence-electron chi connectivity index (χ4n) is 4.98. The second-order valence-corrected chi connectivity index (χ2v) is 11.8. The Hall–Kier alpha value is -3.41. The van der Waals surface area contributed by atoms with Crippen molar-refractivity contribution in [1.82, 2.24) is 5.32 Å². The van der Waals surface area contributed by atoms with Crippen molar-refractivity contribution in [1.29, 1.82) is 0 Å². The lowest BCUT2D eigenvalue weighted by atomic mass is 9.70. The average Bonchev–Trinajstić information content (AvgIpc) is 3.74. The minimum atomic E-state index is -0.869. The third-order valence-corrected chi connectivity index (χ3v) is 8.04. The van der Waals surface area contributed by atoms with Crippen molar-refractivity contribution in [2.45, 2.75) is 78.2 Å². The first-order valence-corrected chi connectivity index (χ1v) is 14.0. The van der Waals surface area contributed by atoms with Crippen LogP contribution in [-0.2, 0) is 24.6 Å². The summed E-state index contributed by atoms with van der Waals surface area (Å²) in [6.07, 6.45) is 2.07. The maximum atomic E-state index is 13.7. The molecular weight excluding hydrogens is 490 g/mol. The Labute approximate surface area is 232 Å². The molecule has 1 N–H and O–H groups in total. The number of ketones is 4. The number of hydrogen-bond donors (Lipinski definition) is 1. The number of benzene rings is 2. The topological polar surface area (TPSA) is 97.4 Å². The largest absolute Gasteiger partial charge is 0.346 e. The van der Waals surface area contributed by atoms with Gasteiger partial charge < -0.3 is 5.32 Å². The molecule has 1 fully saturated rings. The van der Waals surface area contributed by atoms with Crippen LogP contribution in [0.5, 0.6) is 0 Å². The standard InChI is InChI=1S/C33H41NO5/c1-21(2)26(31(38)30(37)18-23-16-17-23)19-28(35)22(3)34-32(39)27(20-29(36)24-12-8-6-9-13-24)33(4,5)25-14-10-7-11-15-25/h6-15,21-23,26-27H,16-20H2,1-5H3,(H,34,39)/t22-,26-,27+/m0/s1. The van der Waals surface area contributed by atoms with E-state index in [4.69, 9.17) is 0 Å². The van der Waals surface area contributed by atoms with Crippen LogP contribution in [0.1, 0.15) is 82.6 Å². The summed E-state index contributed by atoms with van der Waals surface area (Å²) in [5.41, 5.74) is 0.728. The van der Waals surface area contributed by atoms with E-state index < -0.39 is 40.8 Å². The average molecular weight is 532 g/mol. The maximum Gasteiger partial charge on any atom is 0.225 e. The lowest BCUT2D eigenvalue weighted by Gasteiger charge is -2.34. The van der Waals surface area contributed by atoms with E-state index in [1.807, 2.05) is 64.1 Å². The number of carbonyl (C=O) groups excluding carboxylic acids is 5. The molecule has 0 aliphatic heterocycles.